The van der Waals surface area contributed by atoms with Crippen molar-refractivity contribution in [2.24, 2.45) is 5.41 Å². The smallest absolute Gasteiger partial charge is 0.321 e. The largest absolute Gasteiger partial charge is 0.381 e. The molecule has 26 heavy (non-hydrogen) atoms. The lowest BCUT2D eigenvalue weighted by Crippen LogP contribution is -2.51. The van der Waals surface area contributed by atoms with Crippen molar-refractivity contribution in [3.63, 3.8) is 0 Å². The quantitative estimate of drug-likeness (QED) is 0.801. The van der Waals surface area contributed by atoms with Crippen LogP contribution in [0.1, 0.15) is 24.5 Å². The average Bonchev–Trinajstić information content (AvgIpc) is 3.36. The van der Waals surface area contributed by atoms with E-state index in [1.165, 1.54) is 0 Å². The minimum Gasteiger partial charge on any atom is -0.381 e. The Morgan fingerprint density at radius 3 is 3.04 bits per heavy atom. The Hall–Kier alpha value is -2.68. The highest BCUT2D eigenvalue weighted by atomic mass is 16.5. The van der Waals surface area contributed by atoms with Crippen molar-refractivity contribution in [1.29, 1.82) is 0 Å². The van der Waals surface area contributed by atoms with Crippen molar-refractivity contribution >= 4 is 23.3 Å². The lowest BCUT2D eigenvalue weighted by molar-refractivity contribution is -0.122. The van der Waals surface area contributed by atoms with Crippen molar-refractivity contribution in [3.05, 3.63) is 24.2 Å². The van der Waals surface area contributed by atoms with Gasteiger partial charge in [0.15, 0.2) is 5.65 Å². The molecule has 9 heteroatoms. The lowest BCUT2D eigenvalue weighted by atomic mass is 9.87. The summed E-state index contributed by atoms with van der Waals surface area (Å²) in [7, 11) is 0. The minimum atomic E-state index is -0.510. The van der Waals surface area contributed by atoms with Crippen LogP contribution in [-0.4, -0.2) is 59.4 Å². The second-order valence-electron chi connectivity index (χ2n) is 7.38. The molecule has 0 aromatic carbocycles. The van der Waals surface area contributed by atoms with Crippen LogP contribution in [0.5, 0.6) is 0 Å². The van der Waals surface area contributed by atoms with E-state index < -0.39 is 11.9 Å². The highest BCUT2D eigenvalue weighted by molar-refractivity contribution is 6.00. The van der Waals surface area contributed by atoms with Gasteiger partial charge in [-0.3, -0.25) is 10.1 Å². The first-order chi connectivity index (χ1) is 12.6. The van der Waals surface area contributed by atoms with Gasteiger partial charge >= 0.3 is 6.03 Å². The maximum atomic E-state index is 12.2. The van der Waals surface area contributed by atoms with E-state index in [9.17, 15) is 9.59 Å². The number of carbonyl (C=O) groups is 2. The van der Waals surface area contributed by atoms with Gasteiger partial charge < -0.3 is 15.0 Å². The molecule has 2 unspecified atom stereocenters. The third-order valence-electron chi connectivity index (χ3n) is 5.70. The number of fused-ring (bicyclic) bond motifs is 1. The summed E-state index contributed by atoms with van der Waals surface area (Å²) >= 11 is 0. The molecule has 3 aliphatic rings. The van der Waals surface area contributed by atoms with E-state index in [1.807, 2.05) is 6.07 Å². The third-order valence-corrected chi connectivity index (χ3v) is 5.70. The fourth-order valence-electron chi connectivity index (χ4n) is 4.20. The molecular formula is C17H20N6O3. The van der Waals surface area contributed by atoms with Crippen molar-refractivity contribution in [2.75, 3.05) is 37.7 Å². The number of amides is 3. The summed E-state index contributed by atoms with van der Waals surface area (Å²) in [6.07, 6.45) is 5.68. The van der Waals surface area contributed by atoms with E-state index in [2.05, 4.69) is 25.6 Å². The van der Waals surface area contributed by atoms with E-state index in [1.54, 1.807) is 16.9 Å². The van der Waals surface area contributed by atoms with Gasteiger partial charge in [-0.15, -0.1) is 0 Å². The molecule has 136 valence electrons. The molecule has 2 aromatic rings. The molecule has 9 nitrogen and oxygen atoms in total. The predicted molar refractivity (Wildman–Crippen MR) is 92.0 cm³/mol. The maximum Gasteiger partial charge on any atom is 0.321 e. The average molecular weight is 356 g/mol. The van der Waals surface area contributed by atoms with Crippen LogP contribution in [0.2, 0.25) is 0 Å². The summed E-state index contributed by atoms with van der Waals surface area (Å²) in [5, 5.41) is 9.53. The summed E-state index contributed by atoms with van der Waals surface area (Å²) in [5.41, 5.74) is 2.62. The topological polar surface area (TPSA) is 101 Å². The first-order valence-corrected chi connectivity index (χ1v) is 8.89. The molecular weight excluding hydrogens is 336 g/mol. The van der Waals surface area contributed by atoms with Crippen molar-refractivity contribution in [1.82, 2.24) is 25.2 Å². The van der Waals surface area contributed by atoms with E-state index in [4.69, 9.17) is 4.74 Å². The molecule has 2 atom stereocenters. The molecule has 3 fully saturated rings. The molecule has 3 aliphatic heterocycles. The van der Waals surface area contributed by atoms with Gasteiger partial charge in [0.2, 0.25) is 5.91 Å². The molecule has 0 saturated carbocycles. The normalized spacial score (nSPS) is 28.8. The van der Waals surface area contributed by atoms with Gasteiger partial charge in [0.25, 0.3) is 0 Å². The molecule has 5 rings (SSSR count). The number of aromatic nitrogens is 3. The Labute approximate surface area is 149 Å². The number of rotatable bonds is 2. The van der Waals surface area contributed by atoms with Gasteiger partial charge in [-0.25, -0.2) is 14.3 Å². The van der Waals surface area contributed by atoms with Crippen LogP contribution in [0.4, 0.5) is 10.5 Å². The minimum absolute atomic E-state index is 0.225. The van der Waals surface area contributed by atoms with Gasteiger partial charge in [0.05, 0.1) is 23.9 Å². The standard InChI is InChI=1S/C17H20N6O3/c24-15-11(8-19-16(25)20-15)12-7-13(14-18-3-5-23(14)21-12)22-4-1-17(9-22)2-6-26-10-17/h3,5,7,11H,1-2,4,6,8-10H2,(H2,19,20,24,25). The summed E-state index contributed by atoms with van der Waals surface area (Å²) in [4.78, 5) is 30.4. The van der Waals surface area contributed by atoms with Crippen LogP contribution >= 0.6 is 0 Å². The van der Waals surface area contributed by atoms with Crippen LogP contribution in [0, 0.1) is 5.41 Å². The van der Waals surface area contributed by atoms with Crippen LogP contribution < -0.4 is 15.5 Å². The number of nitrogens with zero attached hydrogens (tertiary/aromatic N) is 4. The van der Waals surface area contributed by atoms with Crippen LogP contribution in [-0.2, 0) is 9.53 Å². The maximum absolute atomic E-state index is 12.2. The van der Waals surface area contributed by atoms with Gasteiger partial charge in [-0.2, -0.15) is 5.10 Å². The Morgan fingerprint density at radius 1 is 1.31 bits per heavy atom. The first-order valence-electron chi connectivity index (χ1n) is 8.89. The number of nitrogens with one attached hydrogen (secondary N) is 2. The molecule has 0 radical (unpaired) electrons. The fraction of sp³-hybridized carbons (Fsp3) is 0.529. The van der Waals surface area contributed by atoms with Crippen LogP contribution in [0.25, 0.3) is 5.65 Å². The lowest BCUT2D eigenvalue weighted by Gasteiger charge is -2.26. The van der Waals surface area contributed by atoms with Crippen LogP contribution in [0.3, 0.4) is 0 Å². The Morgan fingerprint density at radius 2 is 2.23 bits per heavy atom. The summed E-state index contributed by atoms with van der Waals surface area (Å²) < 4.78 is 7.34. The first kappa shape index (κ1) is 15.6. The highest BCUT2D eigenvalue weighted by Crippen LogP contribution is 2.41. The molecule has 0 bridgehead atoms. The molecule has 2 aromatic heterocycles. The molecule has 5 heterocycles. The molecule has 0 aliphatic carbocycles. The highest BCUT2D eigenvalue weighted by Gasteiger charge is 2.42. The van der Waals surface area contributed by atoms with Crippen molar-refractivity contribution < 1.29 is 14.3 Å². The van der Waals surface area contributed by atoms with Gasteiger partial charge in [0, 0.05) is 44.0 Å². The van der Waals surface area contributed by atoms with E-state index in [-0.39, 0.29) is 17.9 Å². The second-order valence-corrected chi connectivity index (χ2v) is 7.38. The second kappa shape index (κ2) is 5.66. The summed E-state index contributed by atoms with van der Waals surface area (Å²) in [5.74, 6) is -0.835. The van der Waals surface area contributed by atoms with Gasteiger partial charge in [0.1, 0.15) is 0 Å². The number of imidazole rings is 1. The Kier molecular flexibility index (Phi) is 3.39. The molecule has 2 N–H and O–H groups in total. The number of hydrogen-bond acceptors (Lipinski definition) is 6. The van der Waals surface area contributed by atoms with Crippen molar-refractivity contribution in [2.45, 2.75) is 18.8 Å². The number of ether oxygens (including phenoxy) is 1. The Balaban J connectivity index is 1.52. The van der Waals surface area contributed by atoms with Crippen molar-refractivity contribution in [3.8, 4) is 0 Å². The van der Waals surface area contributed by atoms with Gasteiger partial charge in [-0.1, -0.05) is 0 Å². The monoisotopic (exact) mass is 356 g/mol. The van der Waals surface area contributed by atoms with Gasteiger partial charge in [-0.05, 0) is 18.9 Å². The fourth-order valence-corrected chi connectivity index (χ4v) is 4.20. The SMILES string of the molecule is O=C1NCC(c2cc(N3CCC4(CCOC4)C3)c3nccn3n2)C(=O)N1. The Bertz CT molecular complexity index is 888. The number of urea groups is 1. The zero-order chi connectivity index (χ0) is 17.7. The summed E-state index contributed by atoms with van der Waals surface area (Å²) in [6, 6.07) is 1.48. The number of anilines is 1. The molecule has 3 amide bonds. The number of carbonyl (C=O) groups excluding carboxylic acids is 2. The predicted octanol–water partition coefficient (Wildman–Crippen LogP) is 0.269. The number of imide groups is 1. The van der Waals surface area contributed by atoms with E-state index in [0.29, 0.717) is 5.69 Å². The third kappa shape index (κ3) is 2.42. The van der Waals surface area contributed by atoms with E-state index in [0.717, 1.165) is 50.5 Å². The zero-order valence-electron chi connectivity index (χ0n) is 14.3. The number of hydrogen-bond donors (Lipinski definition) is 2. The molecule has 1 spiro atoms. The van der Waals surface area contributed by atoms with Crippen LogP contribution in [0.15, 0.2) is 18.5 Å². The zero-order valence-corrected chi connectivity index (χ0v) is 14.3. The molecule has 3 saturated heterocycles. The summed E-state index contributed by atoms with van der Waals surface area (Å²) in [6.45, 7) is 3.74. The van der Waals surface area contributed by atoms with E-state index >= 15 is 0 Å².